The molecular formula is C25H30N4O3S. The van der Waals surface area contributed by atoms with Crippen LogP contribution in [-0.4, -0.2) is 33.5 Å². The number of amides is 1. The summed E-state index contributed by atoms with van der Waals surface area (Å²) in [6.07, 6.45) is 1.39. The number of hydrogen-bond acceptors (Lipinski definition) is 6. The number of carbonyl (C=O) groups is 1. The third-order valence-corrected chi connectivity index (χ3v) is 5.95. The molecule has 1 N–H and O–H groups in total. The zero-order valence-corrected chi connectivity index (χ0v) is 20.3. The third-order valence-electron chi connectivity index (χ3n) is 4.98. The molecule has 33 heavy (non-hydrogen) atoms. The maximum absolute atomic E-state index is 12.6. The quantitative estimate of drug-likeness (QED) is 0.298. The Bertz CT molecular complexity index is 1100. The number of nitrogens with one attached hydrogen (secondary N) is 1. The van der Waals surface area contributed by atoms with Crippen molar-refractivity contribution in [3.63, 3.8) is 0 Å². The molecule has 1 atom stereocenters. The van der Waals surface area contributed by atoms with Crippen molar-refractivity contribution in [2.24, 2.45) is 0 Å². The van der Waals surface area contributed by atoms with Crippen LogP contribution in [0.15, 0.2) is 66.3 Å². The molecule has 1 aromatic heterocycles. The highest BCUT2D eigenvalue weighted by Crippen LogP contribution is 2.31. The summed E-state index contributed by atoms with van der Waals surface area (Å²) in [5.74, 6) is 2.35. The van der Waals surface area contributed by atoms with Crippen molar-refractivity contribution in [2.75, 3.05) is 18.2 Å². The van der Waals surface area contributed by atoms with E-state index in [9.17, 15) is 4.79 Å². The maximum atomic E-state index is 12.6. The number of hydrogen-bond donors (Lipinski definition) is 1. The smallest absolute Gasteiger partial charge is 0.234 e. The van der Waals surface area contributed by atoms with Crippen molar-refractivity contribution < 1.29 is 14.3 Å². The first-order chi connectivity index (χ1) is 15.9. The Hall–Kier alpha value is -3.26. The number of thioether (sulfide) groups is 1. The molecule has 0 aliphatic carbocycles. The van der Waals surface area contributed by atoms with E-state index in [1.165, 1.54) is 11.8 Å². The summed E-state index contributed by atoms with van der Waals surface area (Å²) in [7, 11) is 1.60. The zero-order chi connectivity index (χ0) is 23.8. The molecule has 3 aromatic rings. The molecule has 8 heteroatoms. The molecular weight excluding hydrogens is 436 g/mol. The molecule has 2 aromatic carbocycles. The van der Waals surface area contributed by atoms with Gasteiger partial charge in [-0.25, -0.2) is 0 Å². The molecule has 0 aliphatic heterocycles. The van der Waals surface area contributed by atoms with Crippen molar-refractivity contribution in [1.29, 1.82) is 0 Å². The van der Waals surface area contributed by atoms with E-state index in [1.807, 2.05) is 60.0 Å². The SMILES string of the molecule is C=CCn1c(SCC(=O)Nc2ccccc2C(C)C)nnc1C(C)Oc1ccccc1OC. The fourth-order valence-corrected chi connectivity index (χ4v) is 4.15. The average Bonchev–Trinajstić information content (AvgIpc) is 3.21. The molecule has 3 rings (SSSR count). The number of benzene rings is 2. The molecule has 7 nitrogen and oxygen atoms in total. The molecule has 0 saturated carbocycles. The van der Waals surface area contributed by atoms with E-state index in [1.54, 1.807) is 13.2 Å². The predicted molar refractivity (Wildman–Crippen MR) is 132 cm³/mol. The highest BCUT2D eigenvalue weighted by Gasteiger charge is 2.21. The van der Waals surface area contributed by atoms with Crippen molar-refractivity contribution in [3.05, 3.63) is 72.6 Å². The Morgan fingerprint density at radius 3 is 2.52 bits per heavy atom. The van der Waals surface area contributed by atoms with Gasteiger partial charge in [0.15, 0.2) is 28.6 Å². The fraction of sp³-hybridized carbons (Fsp3) is 0.320. The Morgan fingerprint density at radius 1 is 1.12 bits per heavy atom. The number of carbonyl (C=O) groups excluding carboxylic acids is 1. The normalized spacial score (nSPS) is 11.8. The van der Waals surface area contributed by atoms with E-state index < -0.39 is 0 Å². The van der Waals surface area contributed by atoms with Gasteiger partial charge in [-0.05, 0) is 36.6 Å². The van der Waals surface area contributed by atoms with Gasteiger partial charge in [0.1, 0.15) is 0 Å². The van der Waals surface area contributed by atoms with Crippen LogP contribution in [0, 0.1) is 0 Å². The van der Waals surface area contributed by atoms with Crippen LogP contribution < -0.4 is 14.8 Å². The topological polar surface area (TPSA) is 78.3 Å². The number of ether oxygens (including phenoxy) is 2. The Balaban J connectivity index is 1.70. The number of aromatic nitrogens is 3. The minimum absolute atomic E-state index is 0.0962. The van der Waals surface area contributed by atoms with Gasteiger partial charge in [-0.2, -0.15) is 0 Å². The van der Waals surface area contributed by atoms with Crippen LogP contribution in [0.5, 0.6) is 11.5 Å². The molecule has 174 valence electrons. The van der Waals surface area contributed by atoms with Crippen LogP contribution >= 0.6 is 11.8 Å². The van der Waals surface area contributed by atoms with Crippen molar-refractivity contribution in [2.45, 2.75) is 44.5 Å². The van der Waals surface area contributed by atoms with Gasteiger partial charge >= 0.3 is 0 Å². The number of anilines is 1. The number of para-hydroxylation sites is 3. The minimum atomic E-state index is -0.380. The van der Waals surface area contributed by atoms with Gasteiger partial charge in [-0.3, -0.25) is 9.36 Å². The molecule has 0 saturated heterocycles. The second-order valence-electron chi connectivity index (χ2n) is 7.73. The summed E-state index contributed by atoms with van der Waals surface area (Å²) in [6, 6.07) is 15.3. The molecule has 0 aliphatic rings. The van der Waals surface area contributed by atoms with Gasteiger partial charge in [0.2, 0.25) is 5.91 Å². The van der Waals surface area contributed by atoms with Gasteiger partial charge in [0.25, 0.3) is 0 Å². The summed E-state index contributed by atoms with van der Waals surface area (Å²) in [5, 5.41) is 12.3. The van der Waals surface area contributed by atoms with Crippen molar-refractivity contribution in [1.82, 2.24) is 14.8 Å². The largest absolute Gasteiger partial charge is 0.493 e. The van der Waals surface area contributed by atoms with Crippen LogP contribution in [0.4, 0.5) is 5.69 Å². The van der Waals surface area contributed by atoms with E-state index in [0.717, 1.165) is 11.3 Å². The van der Waals surface area contributed by atoms with Gasteiger partial charge in [-0.1, -0.05) is 62.0 Å². The third kappa shape index (κ3) is 6.16. The van der Waals surface area contributed by atoms with Crippen LogP contribution in [-0.2, 0) is 11.3 Å². The second-order valence-corrected chi connectivity index (χ2v) is 8.67. The van der Waals surface area contributed by atoms with Gasteiger partial charge < -0.3 is 14.8 Å². The zero-order valence-electron chi connectivity index (χ0n) is 19.4. The molecule has 0 radical (unpaired) electrons. The first-order valence-electron chi connectivity index (χ1n) is 10.8. The van der Waals surface area contributed by atoms with E-state index in [2.05, 4.69) is 35.9 Å². The van der Waals surface area contributed by atoms with Crippen molar-refractivity contribution >= 4 is 23.4 Å². The van der Waals surface area contributed by atoms with Gasteiger partial charge in [0, 0.05) is 12.2 Å². The lowest BCUT2D eigenvalue weighted by Gasteiger charge is -2.17. The lowest BCUT2D eigenvalue weighted by atomic mass is 10.0. The summed E-state index contributed by atoms with van der Waals surface area (Å²) in [4.78, 5) is 12.6. The van der Waals surface area contributed by atoms with Crippen LogP contribution in [0.1, 0.15) is 44.2 Å². The number of allylic oxidation sites excluding steroid dienone is 1. The summed E-state index contributed by atoms with van der Waals surface area (Å²) < 4.78 is 13.4. The monoisotopic (exact) mass is 466 g/mol. The molecule has 1 amide bonds. The highest BCUT2D eigenvalue weighted by atomic mass is 32.2. The Kier molecular flexibility index (Phi) is 8.54. The average molecular weight is 467 g/mol. The second kappa shape index (κ2) is 11.6. The Labute approximate surface area is 199 Å². The lowest BCUT2D eigenvalue weighted by Crippen LogP contribution is -2.16. The molecule has 0 bridgehead atoms. The number of nitrogens with zero attached hydrogens (tertiary/aromatic N) is 3. The van der Waals surface area contributed by atoms with Gasteiger partial charge in [0.05, 0.1) is 12.9 Å². The fourth-order valence-electron chi connectivity index (χ4n) is 3.40. The maximum Gasteiger partial charge on any atom is 0.234 e. The minimum Gasteiger partial charge on any atom is -0.493 e. The molecule has 1 heterocycles. The van der Waals surface area contributed by atoms with E-state index in [0.29, 0.717) is 34.9 Å². The van der Waals surface area contributed by atoms with E-state index in [4.69, 9.17) is 9.47 Å². The Morgan fingerprint density at radius 2 is 1.82 bits per heavy atom. The standard InChI is InChI=1S/C25H30N4O3S/c1-6-15-29-24(18(4)32-22-14-10-9-13-21(22)31-5)27-28-25(29)33-16-23(30)26-20-12-8-7-11-19(20)17(2)3/h6-14,17-18H,1,15-16H2,2-5H3,(H,26,30). The van der Waals surface area contributed by atoms with Crippen molar-refractivity contribution in [3.8, 4) is 11.5 Å². The van der Waals surface area contributed by atoms with E-state index >= 15 is 0 Å². The van der Waals surface area contributed by atoms with Crippen LogP contribution in [0.2, 0.25) is 0 Å². The summed E-state index contributed by atoms with van der Waals surface area (Å²) in [6.45, 7) is 10.5. The molecule has 0 fully saturated rings. The molecule has 1 unspecified atom stereocenters. The summed E-state index contributed by atoms with van der Waals surface area (Å²) in [5.41, 5.74) is 1.94. The number of methoxy groups -OCH3 is 1. The van der Waals surface area contributed by atoms with Gasteiger partial charge in [-0.15, -0.1) is 16.8 Å². The summed E-state index contributed by atoms with van der Waals surface area (Å²) >= 11 is 1.33. The van der Waals surface area contributed by atoms with E-state index in [-0.39, 0.29) is 17.8 Å². The first kappa shape index (κ1) is 24.4. The molecule has 0 spiro atoms. The van der Waals surface area contributed by atoms with Crippen LogP contribution in [0.3, 0.4) is 0 Å². The van der Waals surface area contributed by atoms with Crippen LogP contribution in [0.25, 0.3) is 0 Å². The number of rotatable bonds is 11. The highest BCUT2D eigenvalue weighted by molar-refractivity contribution is 7.99. The lowest BCUT2D eigenvalue weighted by molar-refractivity contribution is -0.113. The predicted octanol–water partition coefficient (Wildman–Crippen LogP) is 5.47. The first-order valence-corrected chi connectivity index (χ1v) is 11.8.